The first-order chi connectivity index (χ1) is 12.4. The third-order valence-corrected chi connectivity index (χ3v) is 5.17. The van der Waals surface area contributed by atoms with Gasteiger partial charge in [-0.1, -0.05) is 23.2 Å². The Balaban J connectivity index is 1.56. The topological polar surface area (TPSA) is 75.8 Å². The summed E-state index contributed by atoms with van der Waals surface area (Å²) in [6.45, 7) is 2.96. The number of hydrogen-bond acceptors (Lipinski definition) is 4. The van der Waals surface area contributed by atoms with Crippen molar-refractivity contribution in [3.63, 3.8) is 0 Å². The first-order valence-electron chi connectivity index (χ1n) is 7.86. The molecule has 0 saturated carbocycles. The number of H-pyrrole nitrogens is 1. The molecule has 0 amide bonds. The second-order valence-corrected chi connectivity index (χ2v) is 6.92. The average molecular weight is 413 g/mol. The molecular weight excluding hydrogens is 397 g/mol. The van der Waals surface area contributed by atoms with Crippen molar-refractivity contribution in [2.75, 3.05) is 36.4 Å². The van der Waals surface area contributed by atoms with Crippen molar-refractivity contribution in [2.24, 2.45) is 0 Å². The normalized spacial score (nSPS) is 14.2. The predicted molar refractivity (Wildman–Crippen MR) is 106 cm³/mol. The van der Waals surface area contributed by atoms with Crippen molar-refractivity contribution in [3.05, 3.63) is 56.7 Å². The second-order valence-electron chi connectivity index (χ2n) is 5.72. The summed E-state index contributed by atoms with van der Waals surface area (Å²) in [6.07, 6.45) is 1.40. The highest BCUT2D eigenvalue weighted by Crippen LogP contribution is 2.25. The molecule has 2 heterocycles. The van der Waals surface area contributed by atoms with E-state index in [0.29, 0.717) is 15.2 Å². The van der Waals surface area contributed by atoms with Crippen LogP contribution in [0.2, 0.25) is 10.0 Å². The maximum Gasteiger partial charge on any atom is 0.308 e. The fraction of sp³-hybridized carbons (Fsp3) is 0.250. The van der Waals surface area contributed by atoms with Gasteiger partial charge in [0.25, 0.3) is 5.82 Å². The van der Waals surface area contributed by atoms with Gasteiger partial charge < -0.3 is 10.2 Å². The molecule has 1 aliphatic heterocycles. The van der Waals surface area contributed by atoms with Crippen molar-refractivity contribution in [2.45, 2.75) is 0 Å². The van der Waals surface area contributed by atoms with Crippen molar-refractivity contribution >= 4 is 57.7 Å². The Kier molecular flexibility index (Phi) is 5.75. The van der Waals surface area contributed by atoms with Crippen LogP contribution in [0.4, 0.5) is 17.2 Å². The summed E-state index contributed by atoms with van der Waals surface area (Å²) in [7, 11) is 0. The van der Waals surface area contributed by atoms with Crippen LogP contribution >= 0.6 is 35.4 Å². The number of hydrogen-bond donors (Lipinski definition) is 1. The molecule has 1 aromatic heterocycles. The summed E-state index contributed by atoms with van der Waals surface area (Å²) in [5, 5.41) is 15.5. The summed E-state index contributed by atoms with van der Waals surface area (Å²) in [4.78, 5) is 17.5. The zero-order valence-corrected chi connectivity index (χ0v) is 15.9. The van der Waals surface area contributed by atoms with Gasteiger partial charge in [-0.05, 0) is 30.4 Å². The largest absolute Gasteiger partial charge is 0.341 e. The minimum Gasteiger partial charge on any atom is -0.341 e. The molecule has 0 bridgehead atoms. The summed E-state index contributed by atoms with van der Waals surface area (Å²) < 4.78 is 0. The molecule has 0 unspecified atom stereocenters. The molecule has 0 aliphatic carbocycles. The van der Waals surface area contributed by atoms with Crippen LogP contribution in [0.1, 0.15) is 0 Å². The Morgan fingerprint density at radius 2 is 1.88 bits per heavy atom. The highest BCUT2D eigenvalue weighted by Gasteiger charge is 2.25. The van der Waals surface area contributed by atoms with Crippen LogP contribution in [0.3, 0.4) is 0 Å². The lowest BCUT2D eigenvalue weighted by atomic mass is 10.3. The first kappa shape index (κ1) is 18.6. The van der Waals surface area contributed by atoms with Gasteiger partial charge in [0.1, 0.15) is 13.1 Å². The standard InChI is InChI=1S/C16H15Cl2N5O2S/c17-13-3-1-11(9-14(13)18)20-16(26)22-7-5-21(6-8-22)15-4-2-12(10-19-15)23(24)25/h1-4,9-10H,5-8H2,(H,20,26)/p+1. The molecule has 10 heteroatoms. The molecule has 26 heavy (non-hydrogen) atoms. The number of pyridine rings is 1. The van der Waals surface area contributed by atoms with E-state index >= 15 is 0 Å². The van der Waals surface area contributed by atoms with Gasteiger partial charge in [0, 0.05) is 17.8 Å². The van der Waals surface area contributed by atoms with Crippen LogP contribution in [-0.4, -0.2) is 41.1 Å². The van der Waals surface area contributed by atoms with Crippen LogP contribution in [-0.2, 0) is 0 Å². The van der Waals surface area contributed by atoms with Gasteiger partial charge in [0.2, 0.25) is 0 Å². The van der Waals surface area contributed by atoms with Gasteiger partial charge in [-0.15, -0.1) is 0 Å². The highest BCUT2D eigenvalue weighted by atomic mass is 35.5. The van der Waals surface area contributed by atoms with Crippen LogP contribution in [0.5, 0.6) is 0 Å². The molecule has 3 rings (SSSR count). The van der Waals surface area contributed by atoms with Crippen LogP contribution in [0, 0.1) is 10.1 Å². The van der Waals surface area contributed by atoms with Crippen LogP contribution in [0.25, 0.3) is 0 Å². The summed E-state index contributed by atoms with van der Waals surface area (Å²) in [5.74, 6) is 0.846. The fourth-order valence-electron chi connectivity index (χ4n) is 2.65. The van der Waals surface area contributed by atoms with E-state index < -0.39 is 4.92 Å². The Bertz CT molecular complexity index is 826. The lowest BCUT2D eigenvalue weighted by Crippen LogP contribution is -2.51. The SMILES string of the molecule is O=[N+]([O-])c1ccc(N2CCN(C(=S)Nc3ccc(Cl)c(Cl)c3)CC2)[nH+]c1. The van der Waals surface area contributed by atoms with E-state index in [9.17, 15) is 10.1 Å². The number of piperazine rings is 1. The summed E-state index contributed by atoms with van der Waals surface area (Å²) in [6, 6.07) is 8.49. The maximum absolute atomic E-state index is 10.7. The summed E-state index contributed by atoms with van der Waals surface area (Å²) in [5.41, 5.74) is 0.829. The summed E-state index contributed by atoms with van der Waals surface area (Å²) >= 11 is 17.4. The third-order valence-electron chi connectivity index (χ3n) is 4.07. The quantitative estimate of drug-likeness (QED) is 0.473. The molecule has 1 aromatic carbocycles. The number of rotatable bonds is 3. The number of thiocarbonyl (C=S) groups is 1. The van der Waals surface area contributed by atoms with E-state index in [1.165, 1.54) is 12.3 Å². The van der Waals surface area contributed by atoms with Crippen molar-refractivity contribution in [3.8, 4) is 0 Å². The zero-order valence-electron chi connectivity index (χ0n) is 13.6. The number of nitrogens with zero attached hydrogens (tertiary/aromatic N) is 3. The van der Waals surface area contributed by atoms with Crippen LogP contribution < -0.4 is 15.2 Å². The van der Waals surface area contributed by atoms with E-state index in [1.54, 1.807) is 18.2 Å². The number of nitrogens with one attached hydrogen (secondary N) is 2. The third kappa shape index (κ3) is 4.32. The van der Waals surface area contributed by atoms with Crippen molar-refractivity contribution in [1.82, 2.24) is 4.90 Å². The van der Waals surface area contributed by atoms with E-state index in [-0.39, 0.29) is 5.69 Å². The fourth-order valence-corrected chi connectivity index (χ4v) is 3.24. The van der Waals surface area contributed by atoms with E-state index in [0.717, 1.165) is 37.7 Å². The van der Waals surface area contributed by atoms with Gasteiger partial charge in [-0.25, -0.2) is 4.98 Å². The molecule has 2 aromatic rings. The monoisotopic (exact) mass is 412 g/mol. The molecule has 0 radical (unpaired) electrons. The molecule has 1 fully saturated rings. The van der Waals surface area contributed by atoms with E-state index in [1.807, 2.05) is 6.07 Å². The van der Waals surface area contributed by atoms with Gasteiger partial charge in [0.05, 0.1) is 28.1 Å². The molecule has 136 valence electrons. The Morgan fingerprint density at radius 1 is 1.15 bits per heavy atom. The number of benzene rings is 1. The number of aromatic nitrogens is 1. The van der Waals surface area contributed by atoms with Crippen molar-refractivity contribution < 1.29 is 9.91 Å². The Labute approximate surface area is 165 Å². The molecule has 1 aliphatic rings. The van der Waals surface area contributed by atoms with Crippen molar-refractivity contribution in [1.29, 1.82) is 0 Å². The predicted octanol–water partition coefficient (Wildman–Crippen LogP) is 3.23. The zero-order chi connectivity index (χ0) is 18.7. The number of halogens is 2. The van der Waals surface area contributed by atoms with E-state index in [4.69, 9.17) is 35.4 Å². The van der Waals surface area contributed by atoms with Gasteiger partial charge in [0.15, 0.2) is 11.3 Å². The molecule has 2 N–H and O–H groups in total. The number of nitro groups is 1. The molecule has 0 spiro atoms. The maximum atomic E-state index is 10.7. The minimum atomic E-state index is -0.425. The van der Waals surface area contributed by atoms with Gasteiger partial charge in [-0.3, -0.25) is 15.0 Å². The van der Waals surface area contributed by atoms with Gasteiger partial charge >= 0.3 is 5.69 Å². The average Bonchev–Trinajstić information content (AvgIpc) is 2.65. The lowest BCUT2D eigenvalue weighted by molar-refractivity contribution is -0.414. The molecule has 0 atom stereocenters. The second kappa shape index (κ2) is 8.03. The first-order valence-corrected chi connectivity index (χ1v) is 9.02. The molecular formula is C16H16Cl2N5O2S+. The lowest BCUT2D eigenvalue weighted by Gasteiger charge is -2.32. The minimum absolute atomic E-state index is 0.0411. The highest BCUT2D eigenvalue weighted by molar-refractivity contribution is 7.80. The van der Waals surface area contributed by atoms with E-state index in [2.05, 4.69) is 20.1 Å². The smallest absolute Gasteiger partial charge is 0.308 e. The number of anilines is 2. The number of aromatic amines is 1. The molecule has 1 saturated heterocycles. The molecule has 7 nitrogen and oxygen atoms in total. The van der Waals surface area contributed by atoms with Crippen LogP contribution in [0.15, 0.2) is 36.5 Å². The Morgan fingerprint density at radius 3 is 2.46 bits per heavy atom. The van der Waals surface area contributed by atoms with Gasteiger partial charge in [-0.2, -0.15) is 0 Å². The Hall–Kier alpha value is -2.16.